The lowest BCUT2D eigenvalue weighted by molar-refractivity contribution is 0.573. The summed E-state index contributed by atoms with van der Waals surface area (Å²) in [5.41, 5.74) is 0. The van der Waals surface area contributed by atoms with Crippen molar-refractivity contribution in [3.8, 4) is 0 Å². The van der Waals surface area contributed by atoms with Crippen molar-refractivity contribution in [2.24, 2.45) is 5.92 Å². The third-order valence-corrected chi connectivity index (χ3v) is 4.33. The molecule has 1 rings (SSSR count). The smallest absolute Gasteiger partial charge is 0.211 e. The molecule has 1 aliphatic carbocycles. The molecule has 0 aromatic carbocycles. The zero-order valence-electron chi connectivity index (χ0n) is 8.50. The van der Waals surface area contributed by atoms with E-state index in [1.54, 1.807) is 0 Å². The normalized spacial score (nSPS) is 26.4. The van der Waals surface area contributed by atoms with Crippen LogP contribution in [0.3, 0.4) is 0 Å². The first kappa shape index (κ1) is 12.3. The molecule has 0 bridgehead atoms. The average Bonchev–Trinajstić information content (AvgIpc) is 2.82. The predicted molar refractivity (Wildman–Crippen MR) is 59.1 cm³/mol. The van der Waals surface area contributed by atoms with Crippen LogP contribution >= 0.6 is 11.6 Å². The second-order valence-corrected chi connectivity index (χ2v) is 6.09. The fraction of sp³-hybridized carbons (Fsp3) is 1.00. The zero-order valence-corrected chi connectivity index (χ0v) is 10.1. The van der Waals surface area contributed by atoms with E-state index in [1.165, 1.54) is 0 Å². The summed E-state index contributed by atoms with van der Waals surface area (Å²) in [6.07, 6.45) is 3.49. The Hall–Kier alpha value is 0.200. The standard InChI is InChI=1S/C9H18ClNO2S/c1-2-8-7-9(8)11-14(12,13)6-4-3-5-10/h8-9,11H,2-7H2,1H3. The van der Waals surface area contributed by atoms with Crippen LogP contribution in [0.5, 0.6) is 0 Å². The van der Waals surface area contributed by atoms with Crippen LogP contribution in [0.1, 0.15) is 32.6 Å². The number of hydrogen-bond donors (Lipinski definition) is 1. The average molecular weight is 240 g/mol. The van der Waals surface area contributed by atoms with E-state index < -0.39 is 10.0 Å². The van der Waals surface area contributed by atoms with Crippen molar-refractivity contribution in [1.82, 2.24) is 4.72 Å². The Bertz CT molecular complexity index is 266. The minimum atomic E-state index is -3.04. The van der Waals surface area contributed by atoms with Crippen molar-refractivity contribution in [1.29, 1.82) is 0 Å². The van der Waals surface area contributed by atoms with Crippen LogP contribution in [0.15, 0.2) is 0 Å². The van der Waals surface area contributed by atoms with E-state index in [1.807, 2.05) is 0 Å². The molecule has 2 atom stereocenters. The van der Waals surface area contributed by atoms with Gasteiger partial charge < -0.3 is 0 Å². The van der Waals surface area contributed by atoms with E-state index in [2.05, 4.69) is 11.6 Å². The minimum Gasteiger partial charge on any atom is -0.212 e. The molecule has 0 saturated heterocycles. The number of alkyl halides is 1. The van der Waals surface area contributed by atoms with Gasteiger partial charge in [0.1, 0.15) is 0 Å². The van der Waals surface area contributed by atoms with Crippen molar-refractivity contribution >= 4 is 21.6 Å². The fourth-order valence-corrected chi connectivity index (χ4v) is 3.16. The third-order valence-electron chi connectivity index (χ3n) is 2.57. The summed E-state index contributed by atoms with van der Waals surface area (Å²) in [7, 11) is -3.04. The van der Waals surface area contributed by atoms with Crippen LogP contribution < -0.4 is 4.72 Å². The summed E-state index contributed by atoms with van der Waals surface area (Å²) >= 11 is 5.48. The molecule has 0 amide bonds. The van der Waals surface area contributed by atoms with Crippen molar-refractivity contribution in [2.45, 2.75) is 38.6 Å². The van der Waals surface area contributed by atoms with E-state index in [4.69, 9.17) is 11.6 Å². The molecule has 0 heterocycles. The molecule has 1 aliphatic rings. The van der Waals surface area contributed by atoms with Crippen molar-refractivity contribution in [3.63, 3.8) is 0 Å². The van der Waals surface area contributed by atoms with Gasteiger partial charge in [0, 0.05) is 11.9 Å². The topological polar surface area (TPSA) is 46.2 Å². The van der Waals surface area contributed by atoms with Gasteiger partial charge in [-0.3, -0.25) is 0 Å². The Balaban J connectivity index is 2.22. The monoisotopic (exact) mass is 239 g/mol. The van der Waals surface area contributed by atoms with Gasteiger partial charge in [0.2, 0.25) is 10.0 Å². The van der Waals surface area contributed by atoms with Gasteiger partial charge >= 0.3 is 0 Å². The van der Waals surface area contributed by atoms with Gasteiger partial charge in [0.15, 0.2) is 0 Å². The number of unbranched alkanes of at least 4 members (excludes halogenated alkanes) is 1. The maximum atomic E-state index is 11.5. The van der Waals surface area contributed by atoms with Gasteiger partial charge in [0.05, 0.1) is 5.75 Å². The Morgan fingerprint density at radius 2 is 2.14 bits per heavy atom. The van der Waals surface area contributed by atoms with Crippen molar-refractivity contribution in [3.05, 3.63) is 0 Å². The van der Waals surface area contributed by atoms with Crippen molar-refractivity contribution in [2.75, 3.05) is 11.6 Å². The molecular formula is C9H18ClNO2S. The SMILES string of the molecule is CCC1CC1NS(=O)(=O)CCCCCl. The summed E-state index contributed by atoms with van der Waals surface area (Å²) in [5, 5.41) is 0. The predicted octanol–water partition coefficient (Wildman–Crippen LogP) is 1.72. The highest BCUT2D eigenvalue weighted by molar-refractivity contribution is 7.89. The lowest BCUT2D eigenvalue weighted by Crippen LogP contribution is -2.29. The maximum Gasteiger partial charge on any atom is 0.211 e. The van der Waals surface area contributed by atoms with Crippen LogP contribution in [-0.4, -0.2) is 26.1 Å². The number of nitrogens with one attached hydrogen (secondary N) is 1. The molecule has 84 valence electrons. The van der Waals surface area contributed by atoms with Gasteiger partial charge in [0.25, 0.3) is 0 Å². The minimum absolute atomic E-state index is 0.209. The van der Waals surface area contributed by atoms with E-state index in [0.29, 0.717) is 18.2 Å². The summed E-state index contributed by atoms with van der Waals surface area (Å²) in [6.45, 7) is 2.09. The molecule has 0 aromatic rings. The Kier molecular flexibility index (Phi) is 4.67. The molecule has 14 heavy (non-hydrogen) atoms. The van der Waals surface area contributed by atoms with Gasteiger partial charge in [-0.15, -0.1) is 11.6 Å². The molecule has 1 fully saturated rings. The Labute approximate surface area is 91.3 Å². The van der Waals surface area contributed by atoms with Gasteiger partial charge in [-0.1, -0.05) is 13.3 Å². The lowest BCUT2D eigenvalue weighted by Gasteiger charge is -2.04. The molecule has 3 nitrogen and oxygen atoms in total. The van der Waals surface area contributed by atoms with Crippen LogP contribution in [0, 0.1) is 5.92 Å². The first-order chi connectivity index (χ1) is 6.59. The molecule has 0 aromatic heterocycles. The quantitative estimate of drug-likeness (QED) is 0.543. The Morgan fingerprint density at radius 3 is 2.64 bits per heavy atom. The summed E-state index contributed by atoms with van der Waals surface area (Å²) in [4.78, 5) is 0. The first-order valence-electron chi connectivity index (χ1n) is 5.15. The molecular weight excluding hydrogens is 222 g/mol. The molecule has 1 saturated carbocycles. The highest BCUT2D eigenvalue weighted by atomic mass is 35.5. The summed E-state index contributed by atoms with van der Waals surface area (Å²) in [6, 6.07) is 0.209. The van der Waals surface area contributed by atoms with Gasteiger partial charge in [-0.25, -0.2) is 13.1 Å². The molecule has 2 unspecified atom stereocenters. The highest BCUT2D eigenvalue weighted by Gasteiger charge is 2.37. The summed E-state index contributed by atoms with van der Waals surface area (Å²) in [5.74, 6) is 1.32. The first-order valence-corrected chi connectivity index (χ1v) is 7.33. The number of sulfonamides is 1. The van der Waals surface area contributed by atoms with Crippen molar-refractivity contribution < 1.29 is 8.42 Å². The van der Waals surface area contributed by atoms with E-state index in [-0.39, 0.29) is 11.8 Å². The molecule has 0 spiro atoms. The van der Waals surface area contributed by atoms with Crippen LogP contribution in [0.2, 0.25) is 0 Å². The molecule has 0 radical (unpaired) electrons. The van der Waals surface area contributed by atoms with Gasteiger partial charge in [-0.2, -0.15) is 0 Å². The maximum absolute atomic E-state index is 11.5. The lowest BCUT2D eigenvalue weighted by atomic mass is 10.3. The number of hydrogen-bond acceptors (Lipinski definition) is 2. The van der Waals surface area contributed by atoms with Crippen LogP contribution in [-0.2, 0) is 10.0 Å². The molecule has 1 N–H and O–H groups in total. The van der Waals surface area contributed by atoms with Gasteiger partial charge in [-0.05, 0) is 25.2 Å². The van der Waals surface area contributed by atoms with Crippen LogP contribution in [0.25, 0.3) is 0 Å². The molecule has 5 heteroatoms. The number of rotatable bonds is 7. The van der Waals surface area contributed by atoms with E-state index >= 15 is 0 Å². The second-order valence-electron chi connectivity index (χ2n) is 3.84. The second kappa shape index (κ2) is 5.33. The molecule has 0 aliphatic heterocycles. The summed E-state index contributed by atoms with van der Waals surface area (Å²) < 4.78 is 25.6. The van der Waals surface area contributed by atoms with Crippen LogP contribution in [0.4, 0.5) is 0 Å². The highest BCUT2D eigenvalue weighted by Crippen LogP contribution is 2.33. The zero-order chi connectivity index (χ0) is 10.6. The Morgan fingerprint density at radius 1 is 1.43 bits per heavy atom. The number of halogens is 1. The van der Waals surface area contributed by atoms with E-state index in [9.17, 15) is 8.42 Å². The van der Waals surface area contributed by atoms with E-state index in [0.717, 1.165) is 19.3 Å². The fourth-order valence-electron chi connectivity index (χ4n) is 1.52. The third kappa shape index (κ3) is 4.15. The largest absolute Gasteiger partial charge is 0.212 e.